The molecule has 0 unspecified atom stereocenters. The van der Waals surface area contributed by atoms with Gasteiger partial charge in [0.25, 0.3) is 11.5 Å². The number of carbonyl (C=O) groups is 1. The standard InChI is InChI=1S/C33H38N8O2/c1-6-29(42)40-19-18-39(27-9-7-8-22(2)30(27)40)28-20-23-21-34-33(35-24-10-11-24)36-31(23)41(32(28)43)26-14-12-25(13-15-26)38(5)17-16-37(3)4/h6-9,12-15,20-21,24H,1,10-11,16-19H2,2-5H3,(H,34,35,36). The van der Waals surface area contributed by atoms with Crippen LogP contribution in [-0.4, -0.2) is 78.7 Å². The number of pyridine rings is 1. The number of hydrogen-bond donors (Lipinski definition) is 1. The molecule has 0 saturated heterocycles. The quantitative estimate of drug-likeness (QED) is 0.294. The van der Waals surface area contributed by atoms with Crippen molar-refractivity contribution in [3.63, 3.8) is 0 Å². The molecule has 0 bridgehead atoms. The summed E-state index contributed by atoms with van der Waals surface area (Å²) in [7, 11) is 6.19. The Morgan fingerprint density at radius 1 is 1.07 bits per heavy atom. The number of likely N-dealkylation sites (N-methyl/N-ethyl adjacent to an activating group) is 2. The van der Waals surface area contributed by atoms with Crippen LogP contribution in [0.1, 0.15) is 18.4 Å². The van der Waals surface area contributed by atoms with Crippen LogP contribution in [-0.2, 0) is 4.79 Å². The van der Waals surface area contributed by atoms with Crippen LogP contribution < -0.4 is 25.6 Å². The molecule has 1 aliphatic carbocycles. The molecule has 4 aromatic rings. The zero-order valence-electron chi connectivity index (χ0n) is 25.2. The van der Waals surface area contributed by atoms with Gasteiger partial charge in [-0.3, -0.25) is 14.2 Å². The fraction of sp³-hybridized carbons (Fsp3) is 0.333. The summed E-state index contributed by atoms with van der Waals surface area (Å²) >= 11 is 0. The van der Waals surface area contributed by atoms with Crippen molar-refractivity contribution in [3.8, 4) is 5.69 Å². The second-order valence-electron chi connectivity index (χ2n) is 11.6. The maximum absolute atomic E-state index is 14.5. The van der Waals surface area contributed by atoms with E-state index < -0.39 is 0 Å². The number of aryl methyl sites for hydroxylation is 1. The Balaban J connectivity index is 1.48. The Morgan fingerprint density at radius 2 is 1.84 bits per heavy atom. The molecule has 10 nitrogen and oxygen atoms in total. The van der Waals surface area contributed by atoms with E-state index in [1.54, 1.807) is 15.7 Å². The molecule has 0 spiro atoms. The Morgan fingerprint density at radius 3 is 2.53 bits per heavy atom. The molecule has 2 aromatic carbocycles. The molecule has 6 rings (SSSR count). The lowest BCUT2D eigenvalue weighted by molar-refractivity contribution is -0.114. The summed E-state index contributed by atoms with van der Waals surface area (Å²) in [5.74, 6) is 0.360. The van der Waals surface area contributed by atoms with E-state index in [0.717, 1.165) is 59.6 Å². The number of nitrogens with one attached hydrogen (secondary N) is 1. The van der Waals surface area contributed by atoms with Crippen LogP contribution in [0.15, 0.2) is 72.2 Å². The van der Waals surface area contributed by atoms with E-state index >= 15 is 0 Å². The van der Waals surface area contributed by atoms with Gasteiger partial charge in [0.2, 0.25) is 5.95 Å². The monoisotopic (exact) mass is 578 g/mol. The summed E-state index contributed by atoms with van der Waals surface area (Å²) in [6.45, 7) is 8.36. The molecule has 0 radical (unpaired) electrons. The number of para-hydroxylation sites is 1. The Kier molecular flexibility index (Phi) is 7.62. The fourth-order valence-electron chi connectivity index (χ4n) is 5.56. The summed E-state index contributed by atoms with van der Waals surface area (Å²) < 4.78 is 1.69. The topological polar surface area (TPSA) is 89.8 Å². The minimum atomic E-state index is -0.187. The minimum Gasteiger partial charge on any atom is -0.373 e. The predicted molar refractivity (Wildman–Crippen MR) is 174 cm³/mol. The first-order chi connectivity index (χ1) is 20.7. The van der Waals surface area contributed by atoms with Gasteiger partial charge >= 0.3 is 0 Å². The highest BCUT2D eigenvalue weighted by atomic mass is 16.2. The molecule has 2 aliphatic rings. The molecular formula is C33H38N8O2. The molecule has 222 valence electrons. The van der Waals surface area contributed by atoms with E-state index in [1.165, 1.54) is 6.08 Å². The number of benzene rings is 2. The third kappa shape index (κ3) is 5.58. The Hall–Kier alpha value is -4.70. The first-order valence-corrected chi connectivity index (χ1v) is 14.7. The van der Waals surface area contributed by atoms with Gasteiger partial charge in [-0.2, -0.15) is 4.98 Å². The van der Waals surface area contributed by atoms with Crippen LogP contribution in [0.2, 0.25) is 0 Å². The molecule has 1 saturated carbocycles. The van der Waals surface area contributed by atoms with Crippen molar-refractivity contribution < 1.29 is 4.79 Å². The minimum absolute atomic E-state index is 0.161. The van der Waals surface area contributed by atoms with E-state index in [-0.39, 0.29) is 11.5 Å². The smallest absolute Gasteiger partial charge is 0.280 e. The maximum Gasteiger partial charge on any atom is 0.280 e. The van der Waals surface area contributed by atoms with Crippen molar-refractivity contribution in [1.29, 1.82) is 0 Å². The van der Waals surface area contributed by atoms with Gasteiger partial charge in [0.1, 0.15) is 5.69 Å². The lowest BCUT2D eigenvalue weighted by Gasteiger charge is -2.38. The number of hydrogen-bond acceptors (Lipinski definition) is 8. The summed E-state index contributed by atoms with van der Waals surface area (Å²) in [5.41, 5.74) is 5.19. The van der Waals surface area contributed by atoms with E-state index in [1.807, 2.05) is 60.4 Å². The second kappa shape index (κ2) is 11.5. The summed E-state index contributed by atoms with van der Waals surface area (Å²) in [5, 5.41) is 4.12. The Labute approximate surface area is 251 Å². The average Bonchev–Trinajstić information content (AvgIpc) is 3.83. The predicted octanol–water partition coefficient (Wildman–Crippen LogP) is 4.33. The van der Waals surface area contributed by atoms with Gasteiger partial charge in [0, 0.05) is 56.5 Å². The normalized spacial score (nSPS) is 14.6. The highest BCUT2D eigenvalue weighted by molar-refractivity contribution is 6.05. The van der Waals surface area contributed by atoms with Crippen molar-refractivity contribution in [1.82, 2.24) is 19.4 Å². The average molecular weight is 579 g/mol. The van der Waals surface area contributed by atoms with Gasteiger partial charge in [-0.1, -0.05) is 18.7 Å². The molecular weight excluding hydrogens is 540 g/mol. The molecule has 10 heteroatoms. The van der Waals surface area contributed by atoms with Gasteiger partial charge in [0.15, 0.2) is 5.65 Å². The van der Waals surface area contributed by atoms with Crippen molar-refractivity contribution in [2.24, 2.45) is 0 Å². The summed E-state index contributed by atoms with van der Waals surface area (Å²) in [4.78, 5) is 44.8. The van der Waals surface area contributed by atoms with E-state index in [2.05, 4.69) is 47.8 Å². The molecule has 1 aliphatic heterocycles. The first kappa shape index (κ1) is 28.4. The SMILES string of the molecule is C=CC(=O)N1CCN(c2cc3cnc(NC4CC4)nc3n(-c3ccc(N(C)CCN(C)C)cc3)c2=O)c2cccc(C)c21. The van der Waals surface area contributed by atoms with Crippen LogP contribution in [0.25, 0.3) is 16.7 Å². The highest BCUT2D eigenvalue weighted by Crippen LogP contribution is 2.40. The van der Waals surface area contributed by atoms with Crippen molar-refractivity contribution in [2.45, 2.75) is 25.8 Å². The molecule has 1 fully saturated rings. The van der Waals surface area contributed by atoms with Gasteiger partial charge < -0.3 is 24.9 Å². The number of aromatic nitrogens is 3. The van der Waals surface area contributed by atoms with Gasteiger partial charge in [-0.05, 0) is 81.9 Å². The summed E-state index contributed by atoms with van der Waals surface area (Å²) in [6, 6.07) is 16.2. The van der Waals surface area contributed by atoms with Crippen molar-refractivity contribution in [2.75, 3.05) is 67.3 Å². The number of carbonyl (C=O) groups excluding carboxylic acids is 1. The van der Waals surface area contributed by atoms with Crippen LogP contribution in [0.5, 0.6) is 0 Å². The third-order valence-corrected chi connectivity index (χ3v) is 8.12. The Bertz CT molecular complexity index is 1740. The first-order valence-electron chi connectivity index (χ1n) is 14.7. The van der Waals surface area contributed by atoms with Gasteiger partial charge in [0.05, 0.1) is 17.1 Å². The van der Waals surface area contributed by atoms with Gasteiger partial charge in [-0.25, -0.2) is 4.98 Å². The molecule has 43 heavy (non-hydrogen) atoms. The highest BCUT2D eigenvalue weighted by Gasteiger charge is 2.30. The number of rotatable bonds is 9. The lowest BCUT2D eigenvalue weighted by Crippen LogP contribution is -2.43. The van der Waals surface area contributed by atoms with E-state index in [9.17, 15) is 9.59 Å². The van der Waals surface area contributed by atoms with Crippen LogP contribution in [0.3, 0.4) is 0 Å². The molecule has 3 heterocycles. The number of fused-ring (bicyclic) bond motifs is 2. The van der Waals surface area contributed by atoms with Crippen molar-refractivity contribution >= 4 is 45.6 Å². The van der Waals surface area contributed by atoms with Crippen LogP contribution in [0.4, 0.5) is 28.7 Å². The fourth-order valence-corrected chi connectivity index (χ4v) is 5.56. The number of amides is 1. The molecule has 1 N–H and O–H groups in total. The molecule has 2 aromatic heterocycles. The van der Waals surface area contributed by atoms with Gasteiger partial charge in [-0.15, -0.1) is 0 Å². The number of anilines is 5. The molecule has 1 amide bonds. The van der Waals surface area contributed by atoms with E-state index in [4.69, 9.17) is 4.98 Å². The maximum atomic E-state index is 14.5. The van der Waals surface area contributed by atoms with Crippen LogP contribution >= 0.6 is 0 Å². The summed E-state index contributed by atoms with van der Waals surface area (Å²) in [6.07, 6.45) is 5.30. The van der Waals surface area contributed by atoms with E-state index in [0.29, 0.717) is 36.4 Å². The lowest BCUT2D eigenvalue weighted by atomic mass is 10.1. The zero-order chi connectivity index (χ0) is 30.2. The largest absolute Gasteiger partial charge is 0.373 e. The van der Waals surface area contributed by atoms with Crippen LogP contribution in [0, 0.1) is 6.92 Å². The molecule has 0 atom stereocenters. The zero-order valence-corrected chi connectivity index (χ0v) is 25.2. The second-order valence-corrected chi connectivity index (χ2v) is 11.6. The third-order valence-electron chi connectivity index (χ3n) is 8.12. The van der Waals surface area contributed by atoms with Crippen molar-refractivity contribution in [3.05, 3.63) is 83.3 Å². The number of nitrogens with zero attached hydrogens (tertiary/aromatic N) is 7.